The second kappa shape index (κ2) is 8.00. The number of hydrogen-bond acceptors (Lipinski definition) is 5. The zero-order chi connectivity index (χ0) is 20.1. The number of para-hydroxylation sites is 1. The molecule has 0 spiro atoms. The van der Waals surface area contributed by atoms with Gasteiger partial charge in [0.25, 0.3) is 11.8 Å². The van der Waals surface area contributed by atoms with Crippen LogP contribution in [0.25, 0.3) is 0 Å². The van der Waals surface area contributed by atoms with Gasteiger partial charge >= 0.3 is 0 Å². The quantitative estimate of drug-likeness (QED) is 0.823. The third kappa shape index (κ3) is 4.40. The summed E-state index contributed by atoms with van der Waals surface area (Å²) < 4.78 is 26.9. The lowest BCUT2D eigenvalue weighted by molar-refractivity contribution is -0.131. The predicted octanol–water partition coefficient (Wildman–Crippen LogP) is 2.31. The first-order chi connectivity index (χ1) is 13.4. The number of nitriles is 1. The fraction of sp³-hybridized carbons (Fsp3) is 0.263. The van der Waals surface area contributed by atoms with Crippen molar-refractivity contribution in [1.29, 1.82) is 5.26 Å². The number of carbonyl (C=O) groups excluding carboxylic acids is 2. The fourth-order valence-electron chi connectivity index (χ4n) is 2.92. The number of benzene rings is 1. The Bertz CT molecular complexity index is 914. The maximum atomic E-state index is 13.5. The number of nitrogens with one attached hydrogen (secondary N) is 2. The van der Waals surface area contributed by atoms with Crippen molar-refractivity contribution in [2.24, 2.45) is 0 Å². The molecule has 2 aromatic rings. The van der Waals surface area contributed by atoms with Crippen LogP contribution < -0.4 is 10.6 Å². The average molecular weight is 385 g/mol. The van der Waals surface area contributed by atoms with Gasteiger partial charge in [-0.25, -0.2) is 8.78 Å². The van der Waals surface area contributed by atoms with Crippen LogP contribution in [0.15, 0.2) is 48.8 Å². The summed E-state index contributed by atoms with van der Waals surface area (Å²) in [6, 6.07) is 11.1. The third-order valence-electron chi connectivity index (χ3n) is 4.26. The van der Waals surface area contributed by atoms with Gasteiger partial charge in [-0.1, -0.05) is 18.2 Å². The smallest absolute Gasteiger partial charge is 0.268 e. The number of rotatable bonds is 5. The zero-order valence-corrected chi connectivity index (χ0v) is 14.7. The molecule has 28 heavy (non-hydrogen) atoms. The summed E-state index contributed by atoms with van der Waals surface area (Å²) in [6.07, 6.45) is 2.20. The largest absolute Gasteiger partial charge is 0.354 e. The maximum Gasteiger partial charge on any atom is 0.268 e. The molecule has 0 unspecified atom stereocenters. The van der Waals surface area contributed by atoms with Gasteiger partial charge in [0.2, 0.25) is 5.91 Å². The molecule has 7 nitrogen and oxygen atoms in total. The zero-order valence-electron chi connectivity index (χ0n) is 14.7. The molecule has 3 rings (SSSR count). The average Bonchev–Trinajstić information content (AvgIpc) is 3.02. The van der Waals surface area contributed by atoms with E-state index < -0.39 is 43.3 Å². The molecule has 0 aliphatic carbocycles. The molecule has 0 bridgehead atoms. The number of aromatic nitrogens is 1. The van der Waals surface area contributed by atoms with Gasteiger partial charge in [-0.15, -0.1) is 0 Å². The number of halogens is 2. The first-order valence-electron chi connectivity index (χ1n) is 8.51. The van der Waals surface area contributed by atoms with Crippen molar-refractivity contribution in [2.45, 2.75) is 18.4 Å². The number of hydrogen-bond donors (Lipinski definition) is 2. The van der Waals surface area contributed by atoms with E-state index in [9.17, 15) is 18.4 Å². The van der Waals surface area contributed by atoms with Crippen LogP contribution in [0.5, 0.6) is 0 Å². The third-order valence-corrected chi connectivity index (χ3v) is 4.26. The minimum absolute atomic E-state index is 0.246. The number of carbonyl (C=O) groups is 2. The summed E-state index contributed by atoms with van der Waals surface area (Å²) in [5.74, 6) is -4.39. The van der Waals surface area contributed by atoms with Gasteiger partial charge in [0.15, 0.2) is 0 Å². The van der Waals surface area contributed by atoms with Crippen LogP contribution in [0, 0.1) is 11.3 Å². The summed E-state index contributed by atoms with van der Waals surface area (Å²) in [5, 5.41) is 14.5. The van der Waals surface area contributed by atoms with Crippen molar-refractivity contribution in [3.8, 4) is 6.07 Å². The molecule has 1 aliphatic heterocycles. The van der Waals surface area contributed by atoms with E-state index in [1.165, 1.54) is 18.5 Å². The van der Waals surface area contributed by atoms with Crippen LogP contribution in [0.2, 0.25) is 0 Å². The van der Waals surface area contributed by atoms with Gasteiger partial charge in [-0.2, -0.15) is 5.26 Å². The molecule has 144 valence electrons. The molecular formula is C19H17F2N5O2. The molecule has 0 saturated carbocycles. The Morgan fingerprint density at radius 1 is 1.29 bits per heavy atom. The minimum atomic E-state index is -3.10. The van der Waals surface area contributed by atoms with Gasteiger partial charge in [0, 0.05) is 18.3 Å². The van der Waals surface area contributed by atoms with Crippen LogP contribution in [0.3, 0.4) is 0 Å². The van der Waals surface area contributed by atoms with E-state index in [2.05, 4.69) is 15.6 Å². The highest BCUT2D eigenvalue weighted by molar-refractivity contribution is 6.01. The SMILES string of the molecule is N#C[C@@H]1CC(F)(F)CN1C(=O)CNC(=O)c1ccncc1Nc1ccccc1. The van der Waals surface area contributed by atoms with E-state index in [0.717, 1.165) is 10.6 Å². The normalized spacial score (nSPS) is 17.6. The van der Waals surface area contributed by atoms with Crippen molar-refractivity contribution in [3.63, 3.8) is 0 Å². The molecule has 2 N–H and O–H groups in total. The van der Waals surface area contributed by atoms with E-state index in [4.69, 9.17) is 5.26 Å². The summed E-state index contributed by atoms with van der Waals surface area (Å²) in [7, 11) is 0. The van der Waals surface area contributed by atoms with Crippen LogP contribution in [0.4, 0.5) is 20.2 Å². The Morgan fingerprint density at radius 2 is 2.04 bits per heavy atom. The predicted molar refractivity (Wildman–Crippen MR) is 97.0 cm³/mol. The van der Waals surface area contributed by atoms with Gasteiger partial charge in [0.1, 0.15) is 6.04 Å². The van der Waals surface area contributed by atoms with Crippen LogP contribution in [0.1, 0.15) is 16.8 Å². The molecule has 0 radical (unpaired) electrons. The first-order valence-corrected chi connectivity index (χ1v) is 8.51. The molecule has 9 heteroatoms. The second-order valence-corrected chi connectivity index (χ2v) is 6.32. The van der Waals surface area contributed by atoms with Gasteiger partial charge in [-0.05, 0) is 18.2 Å². The van der Waals surface area contributed by atoms with Crippen LogP contribution in [-0.2, 0) is 4.79 Å². The highest BCUT2D eigenvalue weighted by atomic mass is 19.3. The number of pyridine rings is 1. The van der Waals surface area contributed by atoms with Crippen molar-refractivity contribution < 1.29 is 18.4 Å². The number of nitrogens with zero attached hydrogens (tertiary/aromatic N) is 3. The number of anilines is 2. The standard InChI is InChI=1S/C19H17F2N5O2/c20-19(21)8-14(9-22)26(12-19)17(27)11-24-18(28)15-6-7-23-10-16(15)25-13-4-2-1-3-5-13/h1-7,10,14,25H,8,11-12H2,(H,24,28)/t14-/m0/s1. The molecule has 2 amide bonds. The topological polar surface area (TPSA) is 98.1 Å². The highest BCUT2D eigenvalue weighted by Crippen LogP contribution is 2.31. The molecule has 2 heterocycles. The van der Waals surface area contributed by atoms with Crippen molar-refractivity contribution >= 4 is 23.2 Å². The maximum absolute atomic E-state index is 13.5. The van der Waals surface area contributed by atoms with E-state index >= 15 is 0 Å². The molecule has 1 atom stereocenters. The number of alkyl halides is 2. The van der Waals surface area contributed by atoms with E-state index in [-0.39, 0.29) is 5.56 Å². The Morgan fingerprint density at radius 3 is 2.75 bits per heavy atom. The number of likely N-dealkylation sites (tertiary alicyclic amines) is 1. The van der Waals surface area contributed by atoms with E-state index in [1.54, 1.807) is 6.07 Å². The number of amides is 2. The Balaban J connectivity index is 1.66. The molecule has 1 saturated heterocycles. The first kappa shape index (κ1) is 19.2. The summed E-state index contributed by atoms with van der Waals surface area (Å²) in [4.78, 5) is 29.5. The van der Waals surface area contributed by atoms with Crippen LogP contribution >= 0.6 is 0 Å². The van der Waals surface area contributed by atoms with E-state index in [0.29, 0.717) is 5.69 Å². The van der Waals surface area contributed by atoms with Crippen LogP contribution in [-0.4, -0.2) is 46.8 Å². The van der Waals surface area contributed by atoms with Gasteiger partial charge < -0.3 is 15.5 Å². The van der Waals surface area contributed by atoms with Gasteiger partial charge in [0.05, 0.1) is 36.6 Å². The van der Waals surface area contributed by atoms with Crippen molar-refractivity contribution in [2.75, 3.05) is 18.4 Å². The van der Waals surface area contributed by atoms with E-state index in [1.807, 2.05) is 30.3 Å². The highest BCUT2D eigenvalue weighted by Gasteiger charge is 2.47. The molecular weight excluding hydrogens is 368 g/mol. The summed E-state index contributed by atoms with van der Waals surface area (Å²) >= 11 is 0. The lowest BCUT2D eigenvalue weighted by atomic mass is 10.2. The summed E-state index contributed by atoms with van der Waals surface area (Å²) in [5.41, 5.74) is 1.42. The summed E-state index contributed by atoms with van der Waals surface area (Å²) in [6.45, 7) is -1.31. The second-order valence-electron chi connectivity index (χ2n) is 6.32. The minimum Gasteiger partial charge on any atom is -0.354 e. The molecule has 1 fully saturated rings. The Hall–Kier alpha value is -3.54. The lowest BCUT2D eigenvalue weighted by Crippen LogP contribution is -2.43. The Labute approximate surface area is 160 Å². The van der Waals surface area contributed by atoms with Crippen molar-refractivity contribution in [1.82, 2.24) is 15.2 Å². The van der Waals surface area contributed by atoms with Gasteiger partial charge in [-0.3, -0.25) is 14.6 Å². The van der Waals surface area contributed by atoms with Crippen molar-refractivity contribution in [3.05, 3.63) is 54.4 Å². The lowest BCUT2D eigenvalue weighted by Gasteiger charge is -2.19. The Kier molecular flexibility index (Phi) is 5.49. The molecule has 1 aliphatic rings. The monoisotopic (exact) mass is 385 g/mol. The molecule has 1 aromatic carbocycles. The molecule has 1 aromatic heterocycles. The fourth-order valence-corrected chi connectivity index (χ4v) is 2.92.